The first kappa shape index (κ1) is 19.6. The lowest BCUT2D eigenvalue weighted by Gasteiger charge is -2.29. The average Bonchev–Trinajstić information content (AvgIpc) is 2.78. The van der Waals surface area contributed by atoms with Crippen LogP contribution in [0.1, 0.15) is 50.0 Å². The van der Waals surface area contributed by atoms with E-state index in [9.17, 15) is 14.4 Å². The molecule has 4 rings (SSSR count). The van der Waals surface area contributed by atoms with Gasteiger partial charge in [0.2, 0.25) is 0 Å². The quantitative estimate of drug-likeness (QED) is 0.646. The van der Waals surface area contributed by atoms with Crippen molar-refractivity contribution in [2.24, 2.45) is 0 Å². The van der Waals surface area contributed by atoms with Gasteiger partial charge in [-0.1, -0.05) is 18.2 Å². The van der Waals surface area contributed by atoms with E-state index in [4.69, 9.17) is 0 Å². The van der Waals surface area contributed by atoms with Gasteiger partial charge >= 0.3 is 0 Å². The fraction of sp³-hybridized carbons (Fsp3) is 0.160. The maximum absolute atomic E-state index is 13.0. The van der Waals surface area contributed by atoms with Crippen LogP contribution < -0.4 is 10.2 Å². The molecule has 0 saturated heterocycles. The third kappa shape index (κ3) is 4.01. The number of nitrogens with zero attached hydrogens (tertiary/aromatic N) is 1. The van der Waals surface area contributed by atoms with E-state index < -0.39 is 0 Å². The largest absolute Gasteiger partial charge is 0.322 e. The lowest BCUT2D eigenvalue weighted by Crippen LogP contribution is -2.35. The molecule has 1 heterocycles. The van der Waals surface area contributed by atoms with E-state index in [2.05, 4.69) is 11.4 Å². The molecule has 0 spiro atoms. The Morgan fingerprint density at radius 3 is 2.13 bits per heavy atom. The molecule has 30 heavy (non-hydrogen) atoms. The molecule has 0 atom stereocenters. The average molecular weight is 398 g/mol. The minimum atomic E-state index is -0.270. The number of carbonyl (C=O) groups excluding carboxylic acids is 3. The Labute approximate surface area is 175 Å². The Bertz CT molecular complexity index is 1100. The molecule has 0 saturated carbocycles. The van der Waals surface area contributed by atoms with Gasteiger partial charge in [0.1, 0.15) is 0 Å². The summed E-state index contributed by atoms with van der Waals surface area (Å²) in [5.41, 5.74) is 4.36. The van der Waals surface area contributed by atoms with Crippen molar-refractivity contribution in [2.75, 3.05) is 16.8 Å². The second kappa shape index (κ2) is 8.33. The van der Waals surface area contributed by atoms with Crippen molar-refractivity contribution in [3.05, 3.63) is 95.1 Å². The molecular formula is C25H22N2O3. The number of para-hydroxylation sites is 1. The number of carbonyl (C=O) groups is 3. The highest BCUT2D eigenvalue weighted by molar-refractivity contribution is 6.08. The second-order valence-electron chi connectivity index (χ2n) is 7.35. The molecule has 0 unspecified atom stereocenters. The number of fused-ring (bicyclic) bond motifs is 1. The Morgan fingerprint density at radius 2 is 1.43 bits per heavy atom. The minimum absolute atomic E-state index is 0.0236. The Morgan fingerprint density at radius 1 is 0.800 bits per heavy atom. The molecule has 3 aromatic carbocycles. The molecule has 3 aromatic rings. The van der Waals surface area contributed by atoms with Crippen LogP contribution in [0.15, 0.2) is 72.8 Å². The van der Waals surface area contributed by atoms with Crippen LogP contribution in [0, 0.1) is 0 Å². The number of benzene rings is 3. The predicted molar refractivity (Wildman–Crippen MR) is 117 cm³/mol. The number of hydrogen-bond donors (Lipinski definition) is 1. The van der Waals surface area contributed by atoms with Crippen molar-refractivity contribution in [3.8, 4) is 0 Å². The molecule has 0 radical (unpaired) electrons. The van der Waals surface area contributed by atoms with E-state index in [-0.39, 0.29) is 17.6 Å². The van der Waals surface area contributed by atoms with Crippen LogP contribution in [0.5, 0.6) is 0 Å². The van der Waals surface area contributed by atoms with E-state index in [1.54, 1.807) is 48.5 Å². The van der Waals surface area contributed by atoms with Crippen LogP contribution in [-0.2, 0) is 6.42 Å². The van der Waals surface area contributed by atoms with Gasteiger partial charge in [-0.15, -0.1) is 0 Å². The van der Waals surface area contributed by atoms with Crippen LogP contribution in [0.3, 0.4) is 0 Å². The zero-order valence-corrected chi connectivity index (χ0v) is 16.7. The summed E-state index contributed by atoms with van der Waals surface area (Å²) in [6.07, 6.45) is 1.91. The van der Waals surface area contributed by atoms with E-state index >= 15 is 0 Å². The Kier molecular flexibility index (Phi) is 5.44. The van der Waals surface area contributed by atoms with E-state index in [1.165, 1.54) is 12.5 Å². The van der Waals surface area contributed by atoms with Gasteiger partial charge in [-0.2, -0.15) is 0 Å². The first-order valence-corrected chi connectivity index (χ1v) is 9.95. The number of hydrogen-bond acceptors (Lipinski definition) is 3. The normalized spacial score (nSPS) is 12.8. The van der Waals surface area contributed by atoms with Crippen molar-refractivity contribution in [1.82, 2.24) is 0 Å². The first-order chi connectivity index (χ1) is 14.5. The third-order valence-corrected chi connectivity index (χ3v) is 5.30. The van der Waals surface area contributed by atoms with Gasteiger partial charge in [-0.05, 0) is 79.9 Å². The molecule has 5 nitrogen and oxygen atoms in total. The minimum Gasteiger partial charge on any atom is -0.322 e. The highest BCUT2D eigenvalue weighted by Gasteiger charge is 2.23. The molecule has 0 aliphatic carbocycles. The van der Waals surface area contributed by atoms with Gasteiger partial charge in [-0.25, -0.2) is 0 Å². The number of Topliss-reactive ketones (excluding diaryl/α,β-unsaturated/α-hetero) is 1. The van der Waals surface area contributed by atoms with E-state index in [0.717, 1.165) is 18.5 Å². The fourth-order valence-electron chi connectivity index (χ4n) is 3.66. The standard InChI is InChI=1S/C25H22N2O3/c1-17(28)18-12-14-22(15-13-18)26-24(29)20-8-10-21(11-9-20)25(30)27-16-4-6-19-5-2-3-7-23(19)27/h2-3,5,7-15H,4,6,16H2,1H3,(H,26,29). The molecule has 0 bridgehead atoms. The van der Waals surface area contributed by atoms with Crippen molar-refractivity contribution >= 4 is 29.0 Å². The van der Waals surface area contributed by atoms with Gasteiger partial charge < -0.3 is 10.2 Å². The molecular weight excluding hydrogens is 376 g/mol. The molecule has 1 N–H and O–H groups in total. The van der Waals surface area contributed by atoms with Crippen LogP contribution in [-0.4, -0.2) is 24.1 Å². The maximum atomic E-state index is 13.0. The number of nitrogens with one attached hydrogen (secondary N) is 1. The molecule has 1 aliphatic heterocycles. The van der Waals surface area contributed by atoms with Crippen LogP contribution >= 0.6 is 0 Å². The number of rotatable bonds is 4. The fourth-order valence-corrected chi connectivity index (χ4v) is 3.66. The monoisotopic (exact) mass is 398 g/mol. The number of anilines is 2. The second-order valence-corrected chi connectivity index (χ2v) is 7.35. The summed E-state index contributed by atoms with van der Waals surface area (Å²) in [6.45, 7) is 2.19. The number of ketones is 1. The molecule has 2 amide bonds. The lowest BCUT2D eigenvalue weighted by atomic mass is 10.0. The summed E-state index contributed by atoms with van der Waals surface area (Å²) in [5, 5.41) is 2.80. The highest BCUT2D eigenvalue weighted by atomic mass is 16.2. The van der Waals surface area contributed by atoms with E-state index in [0.29, 0.717) is 28.9 Å². The maximum Gasteiger partial charge on any atom is 0.258 e. The smallest absolute Gasteiger partial charge is 0.258 e. The van der Waals surface area contributed by atoms with Gasteiger partial charge in [0.05, 0.1) is 0 Å². The van der Waals surface area contributed by atoms with Crippen LogP contribution in [0.2, 0.25) is 0 Å². The first-order valence-electron chi connectivity index (χ1n) is 9.95. The summed E-state index contributed by atoms with van der Waals surface area (Å²) in [5.74, 6) is -0.355. The number of aryl methyl sites for hydroxylation is 1. The molecule has 1 aliphatic rings. The summed E-state index contributed by atoms with van der Waals surface area (Å²) < 4.78 is 0. The van der Waals surface area contributed by atoms with Crippen molar-refractivity contribution < 1.29 is 14.4 Å². The lowest BCUT2D eigenvalue weighted by molar-refractivity contribution is 0.0981. The highest BCUT2D eigenvalue weighted by Crippen LogP contribution is 2.28. The predicted octanol–water partition coefficient (Wildman–Crippen LogP) is 4.73. The van der Waals surface area contributed by atoms with Crippen LogP contribution in [0.25, 0.3) is 0 Å². The molecule has 0 aromatic heterocycles. The van der Waals surface area contributed by atoms with Gasteiger partial charge in [-0.3, -0.25) is 14.4 Å². The SMILES string of the molecule is CC(=O)c1ccc(NC(=O)c2ccc(C(=O)N3CCCc4ccccc43)cc2)cc1. The molecule has 0 fully saturated rings. The van der Waals surface area contributed by atoms with E-state index in [1.807, 2.05) is 23.1 Å². The van der Waals surface area contributed by atoms with Crippen molar-refractivity contribution in [2.45, 2.75) is 19.8 Å². The summed E-state index contributed by atoms with van der Waals surface area (Å²) >= 11 is 0. The molecule has 150 valence electrons. The third-order valence-electron chi connectivity index (χ3n) is 5.30. The van der Waals surface area contributed by atoms with Gasteiger partial charge in [0.25, 0.3) is 11.8 Å². The zero-order valence-electron chi connectivity index (χ0n) is 16.7. The Balaban J connectivity index is 1.47. The van der Waals surface area contributed by atoms with Crippen LogP contribution in [0.4, 0.5) is 11.4 Å². The van der Waals surface area contributed by atoms with Crippen molar-refractivity contribution in [3.63, 3.8) is 0 Å². The summed E-state index contributed by atoms with van der Waals surface area (Å²) in [7, 11) is 0. The topological polar surface area (TPSA) is 66.5 Å². The Hall–Kier alpha value is -3.73. The van der Waals surface area contributed by atoms with Crippen molar-refractivity contribution in [1.29, 1.82) is 0 Å². The zero-order chi connectivity index (χ0) is 21.1. The summed E-state index contributed by atoms with van der Waals surface area (Å²) in [6, 6.07) is 21.4. The number of amides is 2. The van der Waals surface area contributed by atoms with Gasteiger partial charge in [0.15, 0.2) is 5.78 Å². The summed E-state index contributed by atoms with van der Waals surface area (Å²) in [4.78, 5) is 38.7. The molecule has 5 heteroatoms. The van der Waals surface area contributed by atoms with Gasteiger partial charge in [0, 0.05) is 34.6 Å².